The number of rotatable bonds is 6. The average Bonchev–Trinajstić information content (AvgIpc) is 3.37. The summed E-state index contributed by atoms with van der Waals surface area (Å²) >= 11 is 0. The van der Waals surface area contributed by atoms with Crippen LogP contribution in [0.25, 0.3) is 0 Å². The van der Waals surface area contributed by atoms with Crippen molar-refractivity contribution in [2.24, 2.45) is 5.92 Å². The normalized spacial score (nSPS) is 21.3. The van der Waals surface area contributed by atoms with E-state index in [0.29, 0.717) is 13.0 Å². The topological polar surface area (TPSA) is 66.8 Å². The second-order valence-corrected chi connectivity index (χ2v) is 6.53. The number of hydrogen-bond acceptors (Lipinski definition) is 3. The lowest BCUT2D eigenvalue weighted by Gasteiger charge is -2.29. The summed E-state index contributed by atoms with van der Waals surface area (Å²) in [6, 6.07) is 8.29. The Morgan fingerprint density at radius 1 is 1.35 bits per heavy atom. The minimum atomic E-state index is -0.859. The molecule has 0 bridgehead atoms. The van der Waals surface area contributed by atoms with Crippen LogP contribution in [0.3, 0.4) is 0 Å². The van der Waals surface area contributed by atoms with Gasteiger partial charge in [-0.15, -0.1) is 0 Å². The van der Waals surface area contributed by atoms with Crippen molar-refractivity contribution < 1.29 is 19.4 Å². The van der Waals surface area contributed by atoms with Crippen molar-refractivity contribution >= 4 is 11.9 Å². The van der Waals surface area contributed by atoms with Crippen molar-refractivity contribution in [2.75, 3.05) is 13.2 Å². The van der Waals surface area contributed by atoms with E-state index in [4.69, 9.17) is 9.84 Å². The van der Waals surface area contributed by atoms with Gasteiger partial charge in [-0.05, 0) is 30.4 Å². The number of fused-ring (bicyclic) bond motifs is 1. The predicted molar refractivity (Wildman–Crippen MR) is 85.0 cm³/mol. The summed E-state index contributed by atoms with van der Waals surface area (Å²) in [7, 11) is 0. The van der Waals surface area contributed by atoms with Gasteiger partial charge in [0.1, 0.15) is 0 Å². The number of hydrogen-bond donors (Lipinski definition) is 1. The van der Waals surface area contributed by atoms with E-state index in [2.05, 4.69) is 6.07 Å². The first kappa shape index (κ1) is 16.0. The molecule has 1 heterocycles. The third kappa shape index (κ3) is 3.72. The summed E-state index contributed by atoms with van der Waals surface area (Å²) in [5.74, 6) is -1.40. The summed E-state index contributed by atoms with van der Waals surface area (Å²) in [5.41, 5.74) is 2.34. The Hall–Kier alpha value is -1.88. The van der Waals surface area contributed by atoms with Crippen LogP contribution in [0.4, 0.5) is 0 Å². The number of ether oxygens (including phenoxy) is 1. The fraction of sp³-hybridized carbons (Fsp3) is 0.556. The molecule has 0 spiro atoms. The number of amides is 1. The molecule has 1 aliphatic heterocycles. The predicted octanol–water partition coefficient (Wildman–Crippen LogP) is 2.40. The van der Waals surface area contributed by atoms with Gasteiger partial charge in [0.15, 0.2) is 0 Å². The van der Waals surface area contributed by atoms with Gasteiger partial charge in [-0.2, -0.15) is 0 Å². The van der Waals surface area contributed by atoms with Gasteiger partial charge in [0.25, 0.3) is 0 Å². The van der Waals surface area contributed by atoms with Crippen LogP contribution >= 0.6 is 0 Å². The maximum Gasteiger partial charge on any atom is 0.308 e. The Balaban J connectivity index is 1.69. The monoisotopic (exact) mass is 317 g/mol. The second-order valence-electron chi connectivity index (χ2n) is 6.53. The molecule has 23 heavy (non-hydrogen) atoms. The Morgan fingerprint density at radius 2 is 2.09 bits per heavy atom. The molecule has 1 aliphatic carbocycles. The summed E-state index contributed by atoms with van der Waals surface area (Å²) in [6.45, 7) is 2.56. The van der Waals surface area contributed by atoms with Gasteiger partial charge in [-0.25, -0.2) is 0 Å². The molecule has 1 amide bonds. The van der Waals surface area contributed by atoms with Gasteiger partial charge in [0.2, 0.25) is 5.91 Å². The third-order valence-electron chi connectivity index (χ3n) is 4.65. The van der Waals surface area contributed by atoms with E-state index in [9.17, 15) is 9.59 Å². The van der Waals surface area contributed by atoms with E-state index in [1.165, 1.54) is 5.56 Å². The van der Waals surface area contributed by atoms with Crippen LogP contribution < -0.4 is 0 Å². The van der Waals surface area contributed by atoms with E-state index in [1.54, 1.807) is 11.8 Å². The highest BCUT2D eigenvalue weighted by atomic mass is 16.5. The minimum absolute atomic E-state index is 0.00213. The Morgan fingerprint density at radius 3 is 2.78 bits per heavy atom. The minimum Gasteiger partial charge on any atom is -0.481 e. The quantitative estimate of drug-likeness (QED) is 0.875. The van der Waals surface area contributed by atoms with Gasteiger partial charge in [0.05, 0.1) is 25.0 Å². The summed E-state index contributed by atoms with van der Waals surface area (Å²) in [4.78, 5) is 25.6. The molecule has 3 rings (SSSR count). The molecule has 1 N–H and O–H groups in total. The smallest absolute Gasteiger partial charge is 0.308 e. The zero-order valence-electron chi connectivity index (χ0n) is 13.4. The molecule has 0 radical (unpaired) electrons. The second kappa shape index (κ2) is 6.71. The number of nitrogens with zero attached hydrogens (tertiary/aromatic N) is 1. The van der Waals surface area contributed by atoms with Crippen LogP contribution in [-0.4, -0.2) is 41.1 Å². The van der Waals surface area contributed by atoms with Gasteiger partial charge in [-0.1, -0.05) is 31.2 Å². The standard InChI is InChI=1S/C18H23NO4/c1-12(18(21)22)11-19(14-6-7-14)17(20)10-16-15-5-3-2-4-13(15)8-9-23-16/h2-5,12,14,16H,6-11H2,1H3,(H,21,22). The molecule has 2 aliphatic rings. The number of benzene rings is 1. The molecule has 2 unspecified atom stereocenters. The summed E-state index contributed by atoms with van der Waals surface area (Å²) in [5, 5.41) is 9.10. The highest BCUT2D eigenvalue weighted by Crippen LogP contribution is 2.33. The van der Waals surface area contributed by atoms with Crippen molar-refractivity contribution in [3.63, 3.8) is 0 Å². The van der Waals surface area contributed by atoms with Gasteiger partial charge >= 0.3 is 5.97 Å². The summed E-state index contributed by atoms with van der Waals surface area (Å²) in [6.07, 6.45) is 2.90. The lowest BCUT2D eigenvalue weighted by atomic mass is 9.95. The van der Waals surface area contributed by atoms with Crippen molar-refractivity contribution in [3.8, 4) is 0 Å². The molecule has 5 nitrogen and oxygen atoms in total. The molecule has 1 saturated carbocycles. The zero-order chi connectivity index (χ0) is 16.4. The Kier molecular flexibility index (Phi) is 4.66. The molecule has 0 aromatic heterocycles. The molecular weight excluding hydrogens is 294 g/mol. The van der Waals surface area contributed by atoms with Crippen molar-refractivity contribution in [3.05, 3.63) is 35.4 Å². The molecule has 124 valence electrons. The highest BCUT2D eigenvalue weighted by Gasteiger charge is 2.36. The number of carbonyl (C=O) groups is 2. The first-order valence-corrected chi connectivity index (χ1v) is 8.28. The largest absolute Gasteiger partial charge is 0.481 e. The maximum absolute atomic E-state index is 12.7. The molecule has 2 atom stereocenters. The fourth-order valence-corrected chi connectivity index (χ4v) is 3.14. The Labute approximate surface area is 136 Å². The van der Waals surface area contributed by atoms with Crippen LogP contribution in [0.15, 0.2) is 24.3 Å². The first-order valence-electron chi connectivity index (χ1n) is 8.28. The lowest BCUT2D eigenvalue weighted by Crippen LogP contribution is -2.39. The molecule has 1 fully saturated rings. The maximum atomic E-state index is 12.7. The first-order chi connectivity index (χ1) is 11.1. The molecule has 0 saturated heterocycles. The lowest BCUT2D eigenvalue weighted by molar-refractivity contribution is -0.143. The highest BCUT2D eigenvalue weighted by molar-refractivity contribution is 5.79. The molecule has 5 heteroatoms. The fourth-order valence-electron chi connectivity index (χ4n) is 3.14. The van der Waals surface area contributed by atoms with Gasteiger partial charge in [-0.3, -0.25) is 9.59 Å². The van der Waals surface area contributed by atoms with E-state index < -0.39 is 11.9 Å². The van der Waals surface area contributed by atoms with E-state index in [0.717, 1.165) is 24.8 Å². The van der Waals surface area contributed by atoms with Crippen LogP contribution in [0.1, 0.15) is 43.4 Å². The SMILES string of the molecule is CC(CN(C(=O)CC1OCCc2ccccc21)C1CC1)C(=O)O. The van der Waals surface area contributed by atoms with Crippen LogP contribution in [0.2, 0.25) is 0 Å². The van der Waals surface area contributed by atoms with E-state index in [1.807, 2.05) is 18.2 Å². The van der Waals surface area contributed by atoms with Gasteiger partial charge in [0, 0.05) is 12.6 Å². The number of carboxylic acid groups (broad SMARTS) is 1. The van der Waals surface area contributed by atoms with Crippen molar-refractivity contribution in [2.45, 2.75) is 44.8 Å². The number of carboxylic acids is 1. The average molecular weight is 317 g/mol. The molecule has 1 aromatic carbocycles. The van der Waals surface area contributed by atoms with E-state index in [-0.39, 0.29) is 24.6 Å². The van der Waals surface area contributed by atoms with E-state index >= 15 is 0 Å². The van der Waals surface area contributed by atoms with Crippen LogP contribution in [-0.2, 0) is 20.7 Å². The zero-order valence-corrected chi connectivity index (χ0v) is 13.4. The summed E-state index contributed by atoms with van der Waals surface area (Å²) < 4.78 is 5.81. The van der Waals surface area contributed by atoms with Crippen LogP contribution in [0.5, 0.6) is 0 Å². The van der Waals surface area contributed by atoms with Gasteiger partial charge < -0.3 is 14.7 Å². The van der Waals surface area contributed by atoms with Crippen LogP contribution in [0, 0.1) is 5.92 Å². The third-order valence-corrected chi connectivity index (χ3v) is 4.65. The number of carbonyl (C=O) groups excluding carboxylic acids is 1. The van der Waals surface area contributed by atoms with Crippen molar-refractivity contribution in [1.82, 2.24) is 4.90 Å². The Bertz CT molecular complexity index is 596. The van der Waals surface area contributed by atoms with Crippen molar-refractivity contribution in [1.29, 1.82) is 0 Å². The molecule has 1 aromatic rings. The molecular formula is C18H23NO4. The number of aliphatic carboxylic acids is 1.